The molecule has 0 aliphatic rings. The molecule has 3 rings (SSSR count). The summed E-state index contributed by atoms with van der Waals surface area (Å²) >= 11 is 0. The fourth-order valence-electron chi connectivity index (χ4n) is 2.56. The summed E-state index contributed by atoms with van der Waals surface area (Å²) in [6.45, 7) is 2.89. The Morgan fingerprint density at radius 1 is 1.33 bits per heavy atom. The summed E-state index contributed by atoms with van der Waals surface area (Å²) in [5, 5.41) is 7.79. The van der Waals surface area contributed by atoms with Crippen LogP contribution in [0, 0.1) is 5.82 Å². The molecule has 0 amide bonds. The van der Waals surface area contributed by atoms with Gasteiger partial charge in [0.05, 0.1) is 17.9 Å². The van der Waals surface area contributed by atoms with E-state index in [0.717, 1.165) is 23.2 Å². The van der Waals surface area contributed by atoms with Crippen LogP contribution in [0.5, 0.6) is 0 Å². The van der Waals surface area contributed by atoms with Crippen LogP contribution >= 0.6 is 0 Å². The first-order chi connectivity index (χ1) is 10.3. The molecule has 3 aromatic rings. The van der Waals surface area contributed by atoms with E-state index in [1.807, 2.05) is 18.5 Å². The number of hydrogen-bond acceptors (Lipinski definition) is 3. The van der Waals surface area contributed by atoms with Crippen molar-refractivity contribution in [2.24, 2.45) is 0 Å². The van der Waals surface area contributed by atoms with Gasteiger partial charge in [0, 0.05) is 24.0 Å². The molecule has 108 valence electrons. The Bertz CT molecular complexity index is 738. The number of rotatable bonds is 5. The molecule has 0 spiro atoms. The molecule has 5 heteroatoms. The van der Waals surface area contributed by atoms with Gasteiger partial charge in [-0.05, 0) is 30.7 Å². The second-order valence-electron chi connectivity index (χ2n) is 4.95. The van der Waals surface area contributed by atoms with Gasteiger partial charge in [-0.25, -0.2) is 8.91 Å². The highest BCUT2D eigenvalue weighted by Gasteiger charge is 2.16. The molecule has 2 aromatic heterocycles. The van der Waals surface area contributed by atoms with Crippen molar-refractivity contribution >= 4 is 5.52 Å². The van der Waals surface area contributed by atoms with E-state index >= 15 is 0 Å². The third kappa shape index (κ3) is 2.92. The Labute approximate surface area is 122 Å². The zero-order valence-corrected chi connectivity index (χ0v) is 11.8. The van der Waals surface area contributed by atoms with E-state index in [2.05, 4.69) is 22.3 Å². The van der Waals surface area contributed by atoms with Gasteiger partial charge in [0.25, 0.3) is 0 Å². The molecule has 1 aromatic carbocycles. The highest BCUT2D eigenvalue weighted by molar-refractivity contribution is 5.53. The van der Waals surface area contributed by atoms with E-state index in [-0.39, 0.29) is 11.9 Å². The first-order valence-electron chi connectivity index (χ1n) is 7.03. The third-order valence-corrected chi connectivity index (χ3v) is 3.51. The summed E-state index contributed by atoms with van der Waals surface area (Å²) in [5.74, 6) is -0.204. The first kappa shape index (κ1) is 13.7. The minimum atomic E-state index is -0.204. The smallest absolute Gasteiger partial charge is 0.123 e. The summed E-state index contributed by atoms with van der Waals surface area (Å²) in [6, 6.07) is 6.81. The summed E-state index contributed by atoms with van der Waals surface area (Å²) in [6.07, 6.45) is 7.90. The SMILES string of the molecule is CCNC(Cc1cccc(F)c1)c1cnn2ccncc12. The minimum absolute atomic E-state index is 0.0819. The van der Waals surface area contributed by atoms with Crippen LogP contribution in [0.25, 0.3) is 5.52 Å². The van der Waals surface area contributed by atoms with Crippen LogP contribution in [0.4, 0.5) is 4.39 Å². The minimum Gasteiger partial charge on any atom is -0.310 e. The van der Waals surface area contributed by atoms with Gasteiger partial charge in [-0.2, -0.15) is 5.10 Å². The van der Waals surface area contributed by atoms with Crippen molar-refractivity contribution in [2.45, 2.75) is 19.4 Å². The Hall–Kier alpha value is -2.27. The maximum Gasteiger partial charge on any atom is 0.123 e. The average molecular weight is 284 g/mol. The summed E-state index contributed by atoms with van der Waals surface area (Å²) in [5.41, 5.74) is 3.01. The van der Waals surface area contributed by atoms with E-state index < -0.39 is 0 Å². The second-order valence-corrected chi connectivity index (χ2v) is 4.95. The Morgan fingerprint density at radius 3 is 3.05 bits per heavy atom. The molecule has 1 atom stereocenters. The van der Waals surface area contributed by atoms with Crippen molar-refractivity contribution in [1.29, 1.82) is 0 Å². The number of nitrogens with zero attached hydrogens (tertiary/aromatic N) is 3. The zero-order valence-electron chi connectivity index (χ0n) is 11.8. The number of likely N-dealkylation sites (N-methyl/N-ethyl adjacent to an activating group) is 1. The Kier molecular flexibility index (Phi) is 3.92. The number of aromatic nitrogens is 3. The first-order valence-corrected chi connectivity index (χ1v) is 7.03. The quantitative estimate of drug-likeness (QED) is 0.783. The van der Waals surface area contributed by atoms with Crippen LogP contribution in [0.2, 0.25) is 0 Å². The van der Waals surface area contributed by atoms with Gasteiger partial charge >= 0.3 is 0 Å². The lowest BCUT2D eigenvalue weighted by Crippen LogP contribution is -2.23. The molecule has 0 aliphatic carbocycles. The number of fused-ring (bicyclic) bond motifs is 1. The van der Waals surface area contributed by atoms with E-state index in [0.29, 0.717) is 6.42 Å². The Balaban J connectivity index is 1.94. The van der Waals surface area contributed by atoms with Crippen molar-refractivity contribution in [3.05, 3.63) is 66.0 Å². The predicted molar refractivity (Wildman–Crippen MR) is 79.5 cm³/mol. The molecule has 0 aliphatic heterocycles. The molecule has 21 heavy (non-hydrogen) atoms. The number of halogens is 1. The standard InChI is InChI=1S/C16H17FN4/c1-2-19-15(9-12-4-3-5-13(17)8-12)14-10-20-21-7-6-18-11-16(14)21/h3-8,10-11,15,19H,2,9H2,1H3. The molecular formula is C16H17FN4. The second kappa shape index (κ2) is 6.01. The Morgan fingerprint density at radius 2 is 2.24 bits per heavy atom. The van der Waals surface area contributed by atoms with Gasteiger partial charge in [-0.1, -0.05) is 19.1 Å². The van der Waals surface area contributed by atoms with Crippen LogP contribution in [0.15, 0.2) is 49.1 Å². The summed E-state index contributed by atoms with van der Waals surface area (Å²) < 4.78 is 15.2. The molecule has 0 radical (unpaired) electrons. The maximum absolute atomic E-state index is 13.4. The molecule has 0 fully saturated rings. The molecule has 4 nitrogen and oxygen atoms in total. The van der Waals surface area contributed by atoms with Gasteiger partial charge < -0.3 is 5.32 Å². The lowest BCUT2D eigenvalue weighted by molar-refractivity contribution is 0.549. The highest BCUT2D eigenvalue weighted by atomic mass is 19.1. The monoisotopic (exact) mass is 284 g/mol. The lowest BCUT2D eigenvalue weighted by atomic mass is 10.00. The van der Waals surface area contributed by atoms with Crippen molar-refractivity contribution in [3.8, 4) is 0 Å². The topological polar surface area (TPSA) is 42.2 Å². The average Bonchev–Trinajstić information content (AvgIpc) is 2.91. The molecule has 1 unspecified atom stereocenters. The molecule has 1 N–H and O–H groups in total. The van der Waals surface area contributed by atoms with Crippen molar-refractivity contribution < 1.29 is 4.39 Å². The van der Waals surface area contributed by atoms with Gasteiger partial charge in [-0.15, -0.1) is 0 Å². The molecule has 0 bridgehead atoms. The van der Waals surface area contributed by atoms with Crippen LogP contribution in [0.3, 0.4) is 0 Å². The lowest BCUT2D eigenvalue weighted by Gasteiger charge is -2.17. The summed E-state index contributed by atoms with van der Waals surface area (Å²) in [7, 11) is 0. The fourth-order valence-corrected chi connectivity index (χ4v) is 2.56. The van der Waals surface area contributed by atoms with E-state index in [1.54, 1.807) is 29.0 Å². The zero-order chi connectivity index (χ0) is 14.7. The highest BCUT2D eigenvalue weighted by Crippen LogP contribution is 2.22. The molecule has 2 heterocycles. The van der Waals surface area contributed by atoms with Crippen LogP contribution in [0.1, 0.15) is 24.1 Å². The molecule has 0 saturated carbocycles. The van der Waals surface area contributed by atoms with Crippen molar-refractivity contribution in [2.75, 3.05) is 6.54 Å². The number of nitrogens with one attached hydrogen (secondary N) is 1. The van der Waals surface area contributed by atoms with Crippen molar-refractivity contribution in [3.63, 3.8) is 0 Å². The fraction of sp³-hybridized carbons (Fsp3) is 0.250. The molecular weight excluding hydrogens is 267 g/mol. The van der Waals surface area contributed by atoms with Gasteiger partial charge in [0.2, 0.25) is 0 Å². The van der Waals surface area contributed by atoms with Gasteiger partial charge in [0.15, 0.2) is 0 Å². The van der Waals surface area contributed by atoms with Gasteiger partial charge in [0.1, 0.15) is 5.82 Å². The molecule has 0 saturated heterocycles. The van der Waals surface area contributed by atoms with Gasteiger partial charge in [-0.3, -0.25) is 4.98 Å². The summed E-state index contributed by atoms with van der Waals surface area (Å²) in [4.78, 5) is 4.16. The maximum atomic E-state index is 13.4. The predicted octanol–water partition coefficient (Wildman–Crippen LogP) is 2.76. The van der Waals surface area contributed by atoms with Crippen molar-refractivity contribution in [1.82, 2.24) is 19.9 Å². The van der Waals surface area contributed by atoms with E-state index in [4.69, 9.17) is 0 Å². The van der Waals surface area contributed by atoms with Crippen LogP contribution < -0.4 is 5.32 Å². The van der Waals surface area contributed by atoms with Crippen LogP contribution in [-0.4, -0.2) is 21.1 Å². The number of hydrogen-bond donors (Lipinski definition) is 1. The largest absolute Gasteiger partial charge is 0.310 e. The normalized spacial score (nSPS) is 12.7. The third-order valence-electron chi connectivity index (χ3n) is 3.51. The number of benzene rings is 1. The van der Waals surface area contributed by atoms with E-state index in [1.165, 1.54) is 6.07 Å². The van der Waals surface area contributed by atoms with E-state index in [9.17, 15) is 4.39 Å². The van der Waals surface area contributed by atoms with Crippen LogP contribution in [-0.2, 0) is 6.42 Å².